The number of hydrogen-bond donors (Lipinski definition) is 1. The van der Waals surface area contributed by atoms with Crippen LogP contribution in [0, 0.1) is 13.8 Å². The summed E-state index contributed by atoms with van der Waals surface area (Å²) in [6.45, 7) is 15.6. The maximum absolute atomic E-state index is 12.9. The van der Waals surface area contributed by atoms with Gasteiger partial charge in [-0.05, 0) is 57.9 Å². The molecule has 7 nitrogen and oxygen atoms in total. The number of benzene rings is 1. The van der Waals surface area contributed by atoms with Crippen molar-refractivity contribution >= 4 is 21.7 Å². The fourth-order valence-electron chi connectivity index (χ4n) is 2.87. The molecule has 0 saturated heterocycles. The van der Waals surface area contributed by atoms with Crippen molar-refractivity contribution in [3.63, 3.8) is 0 Å². The van der Waals surface area contributed by atoms with E-state index in [9.17, 15) is 13.2 Å². The molecule has 1 heterocycles. The Labute approximate surface area is 180 Å². The van der Waals surface area contributed by atoms with Crippen LogP contribution in [-0.4, -0.2) is 42.0 Å². The number of rotatable bonds is 5. The third kappa shape index (κ3) is 5.29. The molecular weight excluding hydrogens is 400 g/mol. The fourth-order valence-corrected chi connectivity index (χ4v) is 4.08. The quantitative estimate of drug-likeness (QED) is 0.775. The number of aryl methyl sites for hydroxylation is 2. The van der Waals surface area contributed by atoms with Crippen molar-refractivity contribution in [2.45, 2.75) is 71.2 Å². The van der Waals surface area contributed by atoms with E-state index in [1.807, 2.05) is 40.7 Å². The smallest absolute Gasteiger partial charge is 0.243 e. The number of amides is 1. The molecular formula is C22H34N4O3S. The molecule has 2 aromatic rings. The molecule has 8 heteroatoms. The number of aromatic nitrogens is 2. The highest BCUT2D eigenvalue weighted by molar-refractivity contribution is 7.89. The number of nitrogens with one attached hydrogen (secondary N) is 1. The SMILES string of the molecule is Cc1ccc(S(=O)(=O)N(C)CC(=O)Nc2cc(C(C)(C)C)nn2C(C)(C)C)cc1C. The summed E-state index contributed by atoms with van der Waals surface area (Å²) in [7, 11) is -2.36. The maximum Gasteiger partial charge on any atom is 0.243 e. The number of sulfonamides is 1. The van der Waals surface area contributed by atoms with Gasteiger partial charge in [-0.15, -0.1) is 0 Å². The molecule has 0 unspecified atom stereocenters. The molecule has 1 amide bonds. The van der Waals surface area contributed by atoms with Gasteiger partial charge in [-0.25, -0.2) is 13.1 Å². The third-order valence-electron chi connectivity index (χ3n) is 4.93. The number of likely N-dealkylation sites (N-methyl/N-ethyl adjacent to an activating group) is 1. The highest BCUT2D eigenvalue weighted by Gasteiger charge is 2.27. The van der Waals surface area contributed by atoms with Gasteiger partial charge >= 0.3 is 0 Å². The van der Waals surface area contributed by atoms with E-state index >= 15 is 0 Å². The lowest BCUT2D eigenvalue weighted by Gasteiger charge is -2.23. The van der Waals surface area contributed by atoms with Crippen molar-refractivity contribution in [1.29, 1.82) is 0 Å². The Bertz CT molecular complexity index is 1040. The largest absolute Gasteiger partial charge is 0.310 e. The molecule has 1 N–H and O–H groups in total. The molecule has 0 aliphatic heterocycles. The van der Waals surface area contributed by atoms with Crippen LogP contribution in [0.3, 0.4) is 0 Å². The third-order valence-corrected chi connectivity index (χ3v) is 6.73. The first-order valence-electron chi connectivity index (χ1n) is 9.98. The van der Waals surface area contributed by atoms with E-state index in [4.69, 9.17) is 0 Å². The summed E-state index contributed by atoms with van der Waals surface area (Å²) in [6, 6.07) is 6.81. The predicted octanol–water partition coefficient (Wildman–Crippen LogP) is 3.81. The summed E-state index contributed by atoms with van der Waals surface area (Å²) in [5, 5.41) is 7.51. The molecule has 0 fully saturated rings. The zero-order valence-corrected chi connectivity index (χ0v) is 20.3. The van der Waals surface area contributed by atoms with Crippen LogP contribution >= 0.6 is 0 Å². The van der Waals surface area contributed by atoms with Crippen LogP contribution in [0.5, 0.6) is 0 Å². The lowest BCUT2D eigenvalue weighted by molar-refractivity contribution is -0.116. The Morgan fingerprint density at radius 2 is 1.67 bits per heavy atom. The van der Waals surface area contributed by atoms with Gasteiger partial charge in [-0.2, -0.15) is 9.40 Å². The molecule has 1 aromatic carbocycles. The molecule has 0 aliphatic rings. The predicted molar refractivity (Wildman–Crippen MR) is 120 cm³/mol. The molecule has 0 saturated carbocycles. The number of nitrogens with zero attached hydrogens (tertiary/aromatic N) is 3. The van der Waals surface area contributed by atoms with Crippen LogP contribution in [0.25, 0.3) is 0 Å². The van der Waals surface area contributed by atoms with Crippen molar-refractivity contribution in [1.82, 2.24) is 14.1 Å². The molecule has 0 atom stereocenters. The Hall–Kier alpha value is -2.19. The van der Waals surface area contributed by atoms with Crippen molar-refractivity contribution in [3.05, 3.63) is 41.1 Å². The van der Waals surface area contributed by atoms with Gasteiger partial charge in [-0.1, -0.05) is 26.8 Å². The van der Waals surface area contributed by atoms with E-state index in [1.54, 1.807) is 22.9 Å². The minimum atomic E-state index is -3.77. The first-order valence-corrected chi connectivity index (χ1v) is 11.4. The zero-order chi connectivity index (χ0) is 23.1. The average molecular weight is 435 g/mol. The number of anilines is 1. The first kappa shape index (κ1) is 24.1. The van der Waals surface area contributed by atoms with Gasteiger partial charge in [0, 0.05) is 18.5 Å². The topological polar surface area (TPSA) is 84.3 Å². The highest BCUT2D eigenvalue weighted by atomic mass is 32.2. The van der Waals surface area contributed by atoms with Crippen molar-refractivity contribution in [2.75, 3.05) is 18.9 Å². The minimum Gasteiger partial charge on any atom is -0.310 e. The molecule has 0 radical (unpaired) electrons. The number of hydrogen-bond acceptors (Lipinski definition) is 4. The van der Waals surface area contributed by atoms with Crippen LogP contribution < -0.4 is 5.32 Å². The van der Waals surface area contributed by atoms with Crippen LogP contribution in [0.1, 0.15) is 58.4 Å². The molecule has 0 bridgehead atoms. The fraction of sp³-hybridized carbons (Fsp3) is 0.545. The van der Waals surface area contributed by atoms with E-state index in [0.717, 1.165) is 21.1 Å². The van der Waals surface area contributed by atoms with Crippen molar-refractivity contribution in [3.8, 4) is 0 Å². The van der Waals surface area contributed by atoms with Crippen LogP contribution in [0.15, 0.2) is 29.2 Å². The molecule has 0 spiro atoms. The summed E-state index contributed by atoms with van der Waals surface area (Å²) in [4.78, 5) is 12.9. The Morgan fingerprint density at radius 1 is 1.07 bits per heavy atom. The summed E-state index contributed by atoms with van der Waals surface area (Å²) < 4.78 is 28.6. The van der Waals surface area contributed by atoms with Crippen LogP contribution in [0.2, 0.25) is 0 Å². The molecule has 2 rings (SSSR count). The molecule has 30 heavy (non-hydrogen) atoms. The van der Waals surface area contributed by atoms with E-state index in [2.05, 4.69) is 31.2 Å². The average Bonchev–Trinajstić information content (AvgIpc) is 3.01. The second-order valence-electron chi connectivity index (χ2n) is 9.80. The second-order valence-corrected chi connectivity index (χ2v) is 11.8. The first-order chi connectivity index (χ1) is 13.5. The number of carbonyl (C=O) groups excluding carboxylic acids is 1. The summed E-state index contributed by atoms with van der Waals surface area (Å²) in [5.74, 6) is 0.130. The van der Waals surface area contributed by atoms with E-state index < -0.39 is 15.9 Å². The van der Waals surface area contributed by atoms with Crippen LogP contribution in [0.4, 0.5) is 5.82 Å². The van der Waals surface area contributed by atoms with Gasteiger partial charge in [0.15, 0.2) is 0 Å². The van der Waals surface area contributed by atoms with Crippen molar-refractivity contribution in [2.24, 2.45) is 0 Å². The maximum atomic E-state index is 12.9. The van der Waals surface area contributed by atoms with E-state index in [0.29, 0.717) is 5.82 Å². The van der Waals surface area contributed by atoms with Gasteiger partial charge in [0.2, 0.25) is 15.9 Å². The summed E-state index contributed by atoms with van der Waals surface area (Å²) >= 11 is 0. The van der Waals surface area contributed by atoms with Gasteiger partial charge in [0.1, 0.15) is 5.82 Å². The van der Waals surface area contributed by atoms with Gasteiger partial charge in [0.05, 0.1) is 22.7 Å². The van der Waals surface area contributed by atoms with Gasteiger partial charge in [-0.3, -0.25) is 4.79 Å². The Balaban J connectivity index is 2.24. The summed E-state index contributed by atoms with van der Waals surface area (Å²) in [6.07, 6.45) is 0. The molecule has 166 valence electrons. The zero-order valence-electron chi connectivity index (χ0n) is 19.5. The van der Waals surface area contributed by atoms with Crippen LogP contribution in [-0.2, 0) is 25.8 Å². The van der Waals surface area contributed by atoms with E-state index in [-0.39, 0.29) is 22.4 Å². The number of carbonyl (C=O) groups is 1. The second kappa shape index (κ2) is 8.15. The van der Waals surface area contributed by atoms with Gasteiger partial charge < -0.3 is 5.32 Å². The van der Waals surface area contributed by atoms with E-state index in [1.165, 1.54) is 7.05 Å². The normalized spacial score (nSPS) is 13.0. The summed E-state index contributed by atoms with van der Waals surface area (Å²) in [5.41, 5.74) is 2.23. The Morgan fingerprint density at radius 3 is 2.17 bits per heavy atom. The standard InChI is InChI=1S/C22H34N4O3S/c1-15-10-11-17(12-16(15)2)30(28,29)25(9)14-20(27)23-19-13-18(21(3,4)5)24-26(19)22(6,7)8/h10-13H,14H2,1-9H3,(H,23,27). The molecule has 1 aromatic heterocycles. The lowest BCUT2D eigenvalue weighted by Crippen LogP contribution is -2.36. The van der Waals surface area contributed by atoms with Gasteiger partial charge in [0.25, 0.3) is 0 Å². The Kier molecular flexibility index (Phi) is 6.54. The van der Waals surface area contributed by atoms with Crippen molar-refractivity contribution < 1.29 is 13.2 Å². The minimum absolute atomic E-state index is 0.177. The molecule has 0 aliphatic carbocycles. The monoisotopic (exact) mass is 434 g/mol. The lowest BCUT2D eigenvalue weighted by atomic mass is 9.92. The highest BCUT2D eigenvalue weighted by Crippen LogP contribution is 2.28.